The minimum Gasteiger partial charge on any atom is -0.369 e. The SMILES string of the molecule is CC(C)OCC(=O)N(C)Cc1ccc(Br)cc1. The van der Waals surface area contributed by atoms with Crippen LogP contribution in [0.2, 0.25) is 0 Å². The molecule has 0 atom stereocenters. The third-order valence-corrected chi connectivity index (χ3v) is 2.83. The molecule has 1 amide bonds. The van der Waals surface area contributed by atoms with Gasteiger partial charge in [0, 0.05) is 18.1 Å². The Hall–Kier alpha value is -0.870. The Labute approximate surface area is 111 Å². The van der Waals surface area contributed by atoms with Crippen molar-refractivity contribution < 1.29 is 9.53 Å². The van der Waals surface area contributed by atoms with Crippen LogP contribution in [0.15, 0.2) is 28.7 Å². The van der Waals surface area contributed by atoms with Crippen molar-refractivity contribution in [3.05, 3.63) is 34.3 Å². The smallest absolute Gasteiger partial charge is 0.248 e. The summed E-state index contributed by atoms with van der Waals surface area (Å²) < 4.78 is 6.32. The van der Waals surface area contributed by atoms with E-state index in [9.17, 15) is 4.79 Å². The molecule has 0 aromatic heterocycles. The van der Waals surface area contributed by atoms with E-state index in [-0.39, 0.29) is 18.6 Å². The molecule has 0 aliphatic carbocycles. The molecule has 0 aliphatic rings. The van der Waals surface area contributed by atoms with Crippen LogP contribution in [-0.2, 0) is 16.1 Å². The van der Waals surface area contributed by atoms with Gasteiger partial charge in [-0.3, -0.25) is 4.79 Å². The number of likely N-dealkylation sites (N-methyl/N-ethyl adjacent to an activating group) is 1. The molecule has 0 saturated carbocycles. The zero-order valence-electron chi connectivity index (χ0n) is 10.4. The van der Waals surface area contributed by atoms with Gasteiger partial charge >= 0.3 is 0 Å². The summed E-state index contributed by atoms with van der Waals surface area (Å²) in [7, 11) is 1.79. The van der Waals surface area contributed by atoms with Gasteiger partial charge < -0.3 is 9.64 Å². The van der Waals surface area contributed by atoms with E-state index in [4.69, 9.17) is 4.74 Å². The van der Waals surface area contributed by atoms with E-state index in [0.29, 0.717) is 6.54 Å². The summed E-state index contributed by atoms with van der Waals surface area (Å²) in [5.41, 5.74) is 1.11. The fourth-order valence-corrected chi connectivity index (χ4v) is 1.56. The standard InChI is InChI=1S/C13H18BrNO2/c1-10(2)17-9-13(16)15(3)8-11-4-6-12(14)7-5-11/h4-7,10H,8-9H2,1-3H3. The number of hydrogen-bond donors (Lipinski definition) is 0. The Kier molecular flexibility index (Phi) is 5.65. The molecular formula is C13H18BrNO2. The Balaban J connectivity index is 2.45. The van der Waals surface area contributed by atoms with Gasteiger partial charge in [-0.05, 0) is 31.5 Å². The van der Waals surface area contributed by atoms with Gasteiger partial charge in [-0.2, -0.15) is 0 Å². The van der Waals surface area contributed by atoms with Crippen LogP contribution < -0.4 is 0 Å². The second-order valence-corrected chi connectivity index (χ2v) is 5.15. The van der Waals surface area contributed by atoms with Gasteiger partial charge in [0.25, 0.3) is 0 Å². The highest BCUT2D eigenvalue weighted by atomic mass is 79.9. The van der Waals surface area contributed by atoms with Gasteiger partial charge in [-0.1, -0.05) is 28.1 Å². The number of halogens is 1. The molecule has 0 fully saturated rings. The molecule has 0 unspecified atom stereocenters. The predicted octanol–water partition coefficient (Wildman–Crippen LogP) is 2.83. The molecule has 0 spiro atoms. The third kappa shape index (κ3) is 5.33. The maximum absolute atomic E-state index is 11.7. The summed E-state index contributed by atoms with van der Waals surface area (Å²) in [6.45, 7) is 4.59. The van der Waals surface area contributed by atoms with Gasteiger partial charge in [-0.15, -0.1) is 0 Å². The van der Waals surface area contributed by atoms with Gasteiger partial charge in [0.2, 0.25) is 5.91 Å². The largest absolute Gasteiger partial charge is 0.369 e. The summed E-state index contributed by atoms with van der Waals surface area (Å²) in [6, 6.07) is 7.94. The molecular weight excluding hydrogens is 282 g/mol. The van der Waals surface area contributed by atoms with Crippen molar-refractivity contribution in [2.75, 3.05) is 13.7 Å². The lowest BCUT2D eigenvalue weighted by Crippen LogP contribution is -2.30. The Morgan fingerprint density at radius 3 is 2.47 bits per heavy atom. The monoisotopic (exact) mass is 299 g/mol. The summed E-state index contributed by atoms with van der Waals surface area (Å²) >= 11 is 3.38. The lowest BCUT2D eigenvalue weighted by molar-refractivity contribution is -0.136. The third-order valence-electron chi connectivity index (χ3n) is 2.30. The van der Waals surface area contributed by atoms with Gasteiger partial charge in [0.15, 0.2) is 0 Å². The van der Waals surface area contributed by atoms with Gasteiger partial charge in [0.05, 0.1) is 6.10 Å². The molecule has 3 nitrogen and oxygen atoms in total. The Morgan fingerprint density at radius 1 is 1.35 bits per heavy atom. The molecule has 0 N–H and O–H groups in total. The van der Waals surface area contributed by atoms with E-state index in [1.807, 2.05) is 38.1 Å². The minimum absolute atomic E-state index is 0.00150. The van der Waals surface area contributed by atoms with Crippen LogP contribution in [-0.4, -0.2) is 30.6 Å². The summed E-state index contributed by atoms with van der Waals surface area (Å²) in [4.78, 5) is 13.4. The fraction of sp³-hybridized carbons (Fsp3) is 0.462. The van der Waals surface area contributed by atoms with Crippen molar-refractivity contribution in [3.63, 3.8) is 0 Å². The molecule has 0 heterocycles. The average Bonchev–Trinajstić information content (AvgIpc) is 2.28. The van der Waals surface area contributed by atoms with Crippen LogP contribution in [0.1, 0.15) is 19.4 Å². The highest BCUT2D eigenvalue weighted by molar-refractivity contribution is 9.10. The summed E-state index contributed by atoms with van der Waals surface area (Å²) in [6.07, 6.45) is 0.0834. The number of benzene rings is 1. The van der Waals surface area contributed by atoms with Crippen LogP contribution in [0, 0.1) is 0 Å². The molecule has 94 valence electrons. The Morgan fingerprint density at radius 2 is 1.94 bits per heavy atom. The van der Waals surface area contributed by atoms with Gasteiger partial charge in [-0.25, -0.2) is 0 Å². The zero-order chi connectivity index (χ0) is 12.8. The lowest BCUT2D eigenvalue weighted by Gasteiger charge is -2.18. The zero-order valence-corrected chi connectivity index (χ0v) is 12.0. The molecule has 4 heteroatoms. The van der Waals surface area contributed by atoms with Crippen LogP contribution in [0.4, 0.5) is 0 Å². The fourth-order valence-electron chi connectivity index (χ4n) is 1.30. The number of hydrogen-bond acceptors (Lipinski definition) is 2. The van der Waals surface area contributed by atoms with Crippen molar-refractivity contribution in [1.29, 1.82) is 0 Å². The van der Waals surface area contributed by atoms with Gasteiger partial charge in [0.1, 0.15) is 6.61 Å². The summed E-state index contributed by atoms with van der Waals surface area (Å²) in [5, 5.41) is 0. The maximum Gasteiger partial charge on any atom is 0.248 e. The highest BCUT2D eigenvalue weighted by Gasteiger charge is 2.10. The number of nitrogens with zero attached hydrogens (tertiary/aromatic N) is 1. The minimum atomic E-state index is 0.00150. The highest BCUT2D eigenvalue weighted by Crippen LogP contribution is 2.11. The first-order chi connectivity index (χ1) is 7.99. The Bertz CT molecular complexity index is 362. The van der Waals surface area contributed by atoms with Crippen LogP contribution in [0.25, 0.3) is 0 Å². The van der Waals surface area contributed by atoms with E-state index >= 15 is 0 Å². The van der Waals surface area contributed by atoms with Crippen molar-refractivity contribution in [1.82, 2.24) is 4.90 Å². The van der Waals surface area contributed by atoms with Crippen LogP contribution >= 0.6 is 15.9 Å². The average molecular weight is 300 g/mol. The molecule has 1 rings (SSSR count). The second kappa shape index (κ2) is 6.77. The molecule has 17 heavy (non-hydrogen) atoms. The number of amides is 1. The van der Waals surface area contributed by atoms with Crippen molar-refractivity contribution in [3.8, 4) is 0 Å². The second-order valence-electron chi connectivity index (χ2n) is 4.24. The van der Waals surface area contributed by atoms with E-state index in [0.717, 1.165) is 10.0 Å². The number of ether oxygens (including phenoxy) is 1. The lowest BCUT2D eigenvalue weighted by atomic mass is 10.2. The van der Waals surface area contributed by atoms with E-state index < -0.39 is 0 Å². The summed E-state index contributed by atoms with van der Waals surface area (Å²) in [5.74, 6) is 0.00150. The molecule has 0 bridgehead atoms. The topological polar surface area (TPSA) is 29.5 Å². The molecule has 0 radical (unpaired) electrons. The first kappa shape index (κ1) is 14.2. The quantitative estimate of drug-likeness (QED) is 0.837. The van der Waals surface area contributed by atoms with E-state index in [1.165, 1.54) is 0 Å². The van der Waals surface area contributed by atoms with E-state index in [1.54, 1.807) is 11.9 Å². The molecule has 1 aromatic rings. The normalized spacial score (nSPS) is 10.6. The predicted molar refractivity (Wildman–Crippen MR) is 71.7 cm³/mol. The van der Waals surface area contributed by atoms with Crippen molar-refractivity contribution in [2.24, 2.45) is 0 Å². The molecule has 0 saturated heterocycles. The maximum atomic E-state index is 11.7. The van der Waals surface area contributed by atoms with E-state index in [2.05, 4.69) is 15.9 Å². The first-order valence-corrected chi connectivity index (χ1v) is 6.38. The van der Waals surface area contributed by atoms with Crippen LogP contribution in [0.3, 0.4) is 0 Å². The number of carbonyl (C=O) groups excluding carboxylic acids is 1. The molecule has 1 aromatic carbocycles. The van der Waals surface area contributed by atoms with Crippen molar-refractivity contribution >= 4 is 21.8 Å². The number of rotatable bonds is 5. The van der Waals surface area contributed by atoms with Crippen LogP contribution in [0.5, 0.6) is 0 Å². The number of carbonyl (C=O) groups is 1. The first-order valence-electron chi connectivity index (χ1n) is 5.59. The van der Waals surface area contributed by atoms with Crippen molar-refractivity contribution in [2.45, 2.75) is 26.5 Å². The molecule has 0 aliphatic heterocycles.